The third-order valence-electron chi connectivity index (χ3n) is 6.91. The summed E-state index contributed by atoms with van der Waals surface area (Å²) in [6.45, 7) is 6.10. The summed E-state index contributed by atoms with van der Waals surface area (Å²) < 4.78 is 7.78. The summed E-state index contributed by atoms with van der Waals surface area (Å²) in [5.41, 5.74) is 4.45. The van der Waals surface area contributed by atoms with Crippen molar-refractivity contribution in [2.75, 3.05) is 38.7 Å². The minimum Gasteiger partial charge on any atom is -0.496 e. The first-order valence-corrected chi connectivity index (χ1v) is 12.5. The largest absolute Gasteiger partial charge is 0.496 e. The van der Waals surface area contributed by atoms with E-state index < -0.39 is 0 Å². The van der Waals surface area contributed by atoms with Gasteiger partial charge in [-0.15, -0.1) is 0 Å². The molecule has 0 amide bonds. The van der Waals surface area contributed by atoms with Gasteiger partial charge in [0.25, 0.3) is 0 Å². The lowest BCUT2D eigenvalue weighted by Gasteiger charge is -2.40. The zero-order chi connectivity index (χ0) is 26.1. The van der Waals surface area contributed by atoms with Crippen LogP contribution in [0, 0.1) is 18.3 Å². The molecule has 1 saturated heterocycles. The maximum absolute atomic E-state index is 9.91. The summed E-state index contributed by atoms with van der Waals surface area (Å²) in [4.78, 5) is 11.2. The van der Waals surface area contributed by atoms with Gasteiger partial charge in [0.05, 0.1) is 41.4 Å². The molecule has 2 aromatic carbocycles. The molecule has 4 aromatic rings. The van der Waals surface area contributed by atoms with Crippen LogP contribution in [0.4, 0.5) is 11.5 Å². The number of methoxy groups -OCH3 is 1. The van der Waals surface area contributed by atoms with Gasteiger partial charge in [0.15, 0.2) is 5.65 Å². The number of hydrogen-bond acceptors (Lipinski definition) is 8. The van der Waals surface area contributed by atoms with Crippen LogP contribution in [-0.4, -0.2) is 63.1 Å². The van der Waals surface area contributed by atoms with Crippen LogP contribution in [0.3, 0.4) is 0 Å². The number of aliphatic hydroxyl groups is 1. The van der Waals surface area contributed by atoms with Gasteiger partial charge in [-0.2, -0.15) is 10.4 Å². The lowest BCUT2D eigenvalue weighted by Crippen LogP contribution is -2.46. The highest BCUT2D eigenvalue weighted by atomic mass is 35.5. The van der Waals surface area contributed by atoms with Crippen molar-refractivity contribution in [3.63, 3.8) is 0 Å². The first-order chi connectivity index (χ1) is 18.0. The number of anilines is 2. The molecule has 190 valence electrons. The molecule has 1 atom stereocenters. The maximum Gasteiger partial charge on any atom is 0.164 e. The van der Waals surface area contributed by atoms with Crippen molar-refractivity contribution in [1.82, 2.24) is 24.6 Å². The summed E-state index contributed by atoms with van der Waals surface area (Å²) in [7, 11) is 1.62. The van der Waals surface area contributed by atoms with Crippen LogP contribution in [0.2, 0.25) is 5.02 Å². The maximum atomic E-state index is 9.91. The highest BCUT2D eigenvalue weighted by molar-refractivity contribution is 6.32. The van der Waals surface area contributed by atoms with E-state index in [2.05, 4.69) is 26.3 Å². The summed E-state index contributed by atoms with van der Waals surface area (Å²) in [6.07, 6.45) is 1.52. The first kappa shape index (κ1) is 25.0. The first-order valence-electron chi connectivity index (χ1n) is 12.1. The second kappa shape index (κ2) is 10.3. The Morgan fingerprint density at radius 1 is 1.27 bits per heavy atom. The van der Waals surface area contributed by atoms with Crippen LogP contribution in [0.5, 0.6) is 5.75 Å². The number of benzene rings is 2. The molecule has 1 aliphatic rings. The van der Waals surface area contributed by atoms with Crippen molar-refractivity contribution in [1.29, 1.82) is 5.26 Å². The molecule has 1 fully saturated rings. The number of nitrogens with zero attached hydrogens (tertiary/aromatic N) is 6. The summed E-state index contributed by atoms with van der Waals surface area (Å²) in [5, 5.41) is 28.6. The number of fused-ring (bicyclic) bond motifs is 1. The highest BCUT2D eigenvalue weighted by Gasteiger charge is 2.35. The third kappa shape index (κ3) is 4.48. The minimum absolute atomic E-state index is 0.0842. The molecular formula is C27H28ClN7O2. The zero-order valence-electron chi connectivity index (χ0n) is 20.9. The van der Waals surface area contributed by atoms with Gasteiger partial charge in [0, 0.05) is 42.4 Å². The second-order valence-electron chi connectivity index (χ2n) is 9.18. The van der Waals surface area contributed by atoms with E-state index >= 15 is 0 Å². The Bertz CT molecular complexity index is 1480. The predicted molar refractivity (Wildman–Crippen MR) is 143 cm³/mol. The Labute approximate surface area is 220 Å². The molecule has 3 heterocycles. The molecular weight excluding hydrogens is 490 g/mol. The van der Waals surface area contributed by atoms with E-state index in [1.807, 2.05) is 48.9 Å². The predicted octanol–water partition coefficient (Wildman–Crippen LogP) is 4.41. The number of aliphatic hydroxyl groups excluding tert-OH is 1. The molecule has 2 N–H and O–H groups in total. The topological polar surface area (TPSA) is 112 Å². The number of nitrogens with one attached hydrogen (secondary N) is 1. The fourth-order valence-corrected chi connectivity index (χ4v) is 5.35. The number of nitriles is 1. The molecule has 1 unspecified atom stereocenters. The van der Waals surface area contributed by atoms with Gasteiger partial charge >= 0.3 is 0 Å². The molecule has 1 aliphatic heterocycles. The lowest BCUT2D eigenvalue weighted by atomic mass is 9.85. The van der Waals surface area contributed by atoms with Crippen molar-refractivity contribution in [3.8, 4) is 11.8 Å². The average molecular weight is 518 g/mol. The normalized spacial score (nSPS) is 14.8. The monoisotopic (exact) mass is 517 g/mol. The van der Waals surface area contributed by atoms with Crippen molar-refractivity contribution < 1.29 is 9.84 Å². The van der Waals surface area contributed by atoms with Gasteiger partial charge in [0.2, 0.25) is 0 Å². The molecule has 0 saturated carbocycles. The van der Waals surface area contributed by atoms with Gasteiger partial charge in [-0.3, -0.25) is 4.90 Å². The Balaban J connectivity index is 1.58. The van der Waals surface area contributed by atoms with E-state index in [1.54, 1.807) is 13.2 Å². The highest BCUT2D eigenvalue weighted by Crippen LogP contribution is 2.44. The molecule has 2 aromatic heterocycles. The van der Waals surface area contributed by atoms with Crippen molar-refractivity contribution in [3.05, 3.63) is 70.1 Å². The molecule has 37 heavy (non-hydrogen) atoms. The number of rotatable bonds is 8. The summed E-state index contributed by atoms with van der Waals surface area (Å²) in [6, 6.07) is 13.6. The standard InChI is InChI=1S/C27H28ClN7O2/c1-16-23-26(32-19-7-5-4-6-8-19)30-15-31-27(23)35(33-16)17(2)20-11-22(28)21(12-29)24(25(20)37-3)18-13-34(14-18)9-10-36/h4-8,11,15,17-18,36H,9-10,13-14H2,1-3H3,(H,30,31,32). The second-order valence-corrected chi connectivity index (χ2v) is 9.59. The van der Waals surface area contributed by atoms with Crippen LogP contribution in [0.25, 0.3) is 11.0 Å². The molecule has 10 heteroatoms. The SMILES string of the molecule is COc1c(C(C)n2nc(C)c3c(Nc4ccccc4)ncnc32)cc(Cl)c(C#N)c1C1CN(CCO)C1. The molecule has 5 rings (SSSR count). The van der Waals surface area contributed by atoms with E-state index in [1.165, 1.54) is 6.33 Å². The number of aryl methyl sites for hydroxylation is 1. The van der Waals surface area contributed by atoms with Gasteiger partial charge in [0.1, 0.15) is 24.0 Å². The van der Waals surface area contributed by atoms with Gasteiger partial charge < -0.3 is 15.2 Å². The van der Waals surface area contributed by atoms with E-state index in [0.717, 1.165) is 41.0 Å². The lowest BCUT2D eigenvalue weighted by molar-refractivity contribution is 0.114. The molecule has 0 bridgehead atoms. The third-order valence-corrected chi connectivity index (χ3v) is 7.21. The van der Waals surface area contributed by atoms with E-state index in [9.17, 15) is 10.4 Å². The quantitative estimate of drug-likeness (QED) is 0.353. The van der Waals surface area contributed by atoms with Crippen LogP contribution in [0.15, 0.2) is 42.7 Å². The number of ether oxygens (including phenoxy) is 1. The molecule has 0 spiro atoms. The fraction of sp³-hybridized carbons (Fsp3) is 0.333. The summed E-state index contributed by atoms with van der Waals surface area (Å²) >= 11 is 6.66. The number of β-amino-alcohol motifs (C(OH)–C–C–N with tert-alkyl or cyclic N) is 1. The van der Waals surface area contributed by atoms with E-state index in [4.69, 9.17) is 21.4 Å². The Kier molecular flexibility index (Phi) is 6.98. The van der Waals surface area contributed by atoms with Gasteiger partial charge in [-0.25, -0.2) is 14.6 Å². The minimum atomic E-state index is -0.289. The average Bonchev–Trinajstić information content (AvgIpc) is 3.23. The van der Waals surface area contributed by atoms with E-state index in [-0.39, 0.29) is 18.6 Å². The van der Waals surface area contributed by atoms with Gasteiger partial charge in [-0.05, 0) is 32.0 Å². The molecule has 0 aliphatic carbocycles. The van der Waals surface area contributed by atoms with Crippen molar-refractivity contribution >= 4 is 34.1 Å². The van der Waals surface area contributed by atoms with E-state index in [0.29, 0.717) is 34.3 Å². The Hall–Kier alpha value is -3.71. The Morgan fingerprint density at radius 2 is 2.03 bits per heavy atom. The summed E-state index contributed by atoms with van der Waals surface area (Å²) in [5.74, 6) is 1.40. The van der Waals surface area contributed by atoms with Crippen LogP contribution >= 0.6 is 11.6 Å². The number of halogens is 1. The van der Waals surface area contributed by atoms with Crippen molar-refractivity contribution in [2.45, 2.75) is 25.8 Å². The van der Waals surface area contributed by atoms with Gasteiger partial charge in [-0.1, -0.05) is 29.8 Å². The number of likely N-dealkylation sites (tertiary alicyclic amines) is 1. The smallest absolute Gasteiger partial charge is 0.164 e. The van der Waals surface area contributed by atoms with Crippen molar-refractivity contribution in [2.24, 2.45) is 0 Å². The molecule has 0 radical (unpaired) electrons. The number of para-hydroxylation sites is 1. The zero-order valence-corrected chi connectivity index (χ0v) is 21.7. The Morgan fingerprint density at radius 3 is 2.70 bits per heavy atom. The number of hydrogen-bond donors (Lipinski definition) is 2. The molecule has 9 nitrogen and oxygen atoms in total. The van der Waals surface area contributed by atoms with Crippen LogP contribution < -0.4 is 10.1 Å². The van der Waals surface area contributed by atoms with Crippen LogP contribution in [0.1, 0.15) is 41.3 Å². The number of aromatic nitrogens is 4. The van der Waals surface area contributed by atoms with Crippen LogP contribution in [-0.2, 0) is 0 Å². The fourth-order valence-electron chi connectivity index (χ4n) is 5.09.